The maximum atomic E-state index is 11.7. The Labute approximate surface area is 140 Å². The highest BCUT2D eigenvalue weighted by atomic mass is 35.5. The van der Waals surface area contributed by atoms with E-state index in [0.717, 1.165) is 16.2 Å². The molecule has 0 aliphatic carbocycles. The number of thioether (sulfide) groups is 1. The van der Waals surface area contributed by atoms with Gasteiger partial charge in [-0.05, 0) is 42.8 Å². The number of ether oxygens (including phenoxy) is 1. The molecule has 0 unspecified atom stereocenters. The van der Waals surface area contributed by atoms with Crippen molar-refractivity contribution in [2.75, 3.05) is 18.9 Å². The highest BCUT2D eigenvalue weighted by Gasteiger charge is 2.03. The van der Waals surface area contributed by atoms with Gasteiger partial charge in [-0.2, -0.15) is 0 Å². The van der Waals surface area contributed by atoms with Gasteiger partial charge in [0.05, 0.1) is 12.3 Å². The minimum absolute atomic E-state index is 0.00617. The summed E-state index contributed by atoms with van der Waals surface area (Å²) in [7, 11) is 0. The SMILES string of the molecule is Cc1ccccc1OCCNC(=O)CSc1ccc(Cl)cc1. The molecule has 2 aromatic carbocycles. The summed E-state index contributed by atoms with van der Waals surface area (Å²) in [5.41, 5.74) is 1.09. The summed E-state index contributed by atoms with van der Waals surface area (Å²) < 4.78 is 5.63. The standard InChI is InChI=1S/C17H18ClNO2S/c1-13-4-2-3-5-16(13)21-11-10-19-17(20)12-22-15-8-6-14(18)7-9-15/h2-9H,10-12H2,1H3,(H,19,20). The second-order valence-corrected chi connectivity index (χ2v) is 6.19. The van der Waals surface area contributed by atoms with Crippen molar-refractivity contribution in [3.05, 3.63) is 59.1 Å². The Hall–Kier alpha value is -1.65. The van der Waals surface area contributed by atoms with Crippen LogP contribution in [0.1, 0.15) is 5.56 Å². The van der Waals surface area contributed by atoms with Gasteiger partial charge in [-0.1, -0.05) is 29.8 Å². The Morgan fingerprint density at radius 2 is 1.91 bits per heavy atom. The Balaban J connectivity index is 1.64. The van der Waals surface area contributed by atoms with Crippen LogP contribution in [0.15, 0.2) is 53.4 Å². The fourth-order valence-electron chi connectivity index (χ4n) is 1.80. The lowest BCUT2D eigenvalue weighted by Gasteiger charge is -2.09. The molecular formula is C17H18ClNO2S. The van der Waals surface area contributed by atoms with E-state index in [-0.39, 0.29) is 5.91 Å². The van der Waals surface area contributed by atoms with Gasteiger partial charge in [0.25, 0.3) is 0 Å². The Kier molecular flexibility index (Phi) is 6.62. The van der Waals surface area contributed by atoms with Gasteiger partial charge in [0.1, 0.15) is 12.4 Å². The van der Waals surface area contributed by atoms with Crippen molar-refractivity contribution in [3.8, 4) is 5.75 Å². The van der Waals surface area contributed by atoms with Crippen LogP contribution in [-0.2, 0) is 4.79 Å². The van der Waals surface area contributed by atoms with E-state index >= 15 is 0 Å². The lowest BCUT2D eigenvalue weighted by Crippen LogP contribution is -2.29. The average Bonchev–Trinajstić information content (AvgIpc) is 2.52. The van der Waals surface area contributed by atoms with E-state index < -0.39 is 0 Å². The third-order valence-electron chi connectivity index (χ3n) is 2.96. The van der Waals surface area contributed by atoms with Crippen LogP contribution in [0.4, 0.5) is 0 Å². The van der Waals surface area contributed by atoms with Crippen molar-refractivity contribution in [1.29, 1.82) is 0 Å². The first kappa shape index (κ1) is 16.7. The van der Waals surface area contributed by atoms with Gasteiger partial charge in [-0.3, -0.25) is 4.79 Å². The molecule has 0 spiro atoms. The molecule has 3 nitrogen and oxygen atoms in total. The third kappa shape index (κ3) is 5.62. The molecule has 1 amide bonds. The van der Waals surface area contributed by atoms with E-state index in [4.69, 9.17) is 16.3 Å². The summed E-state index contributed by atoms with van der Waals surface area (Å²) in [6.45, 7) is 2.95. The lowest BCUT2D eigenvalue weighted by atomic mass is 10.2. The number of para-hydroxylation sites is 1. The summed E-state index contributed by atoms with van der Waals surface area (Å²) in [6, 6.07) is 15.3. The molecule has 22 heavy (non-hydrogen) atoms. The predicted octanol–water partition coefficient (Wildman–Crippen LogP) is 3.94. The Morgan fingerprint density at radius 1 is 1.18 bits per heavy atom. The fraction of sp³-hybridized carbons (Fsp3) is 0.235. The maximum Gasteiger partial charge on any atom is 0.230 e. The zero-order chi connectivity index (χ0) is 15.8. The van der Waals surface area contributed by atoms with Crippen molar-refractivity contribution in [3.63, 3.8) is 0 Å². The molecule has 0 saturated heterocycles. The molecule has 0 aliphatic rings. The Morgan fingerprint density at radius 3 is 2.64 bits per heavy atom. The molecule has 0 saturated carbocycles. The van der Waals surface area contributed by atoms with Crippen molar-refractivity contribution < 1.29 is 9.53 Å². The largest absolute Gasteiger partial charge is 0.491 e. The number of nitrogens with one attached hydrogen (secondary N) is 1. The first-order valence-corrected chi connectivity index (χ1v) is 8.35. The van der Waals surface area contributed by atoms with E-state index in [1.165, 1.54) is 11.8 Å². The molecule has 2 rings (SSSR count). The highest BCUT2D eigenvalue weighted by molar-refractivity contribution is 8.00. The van der Waals surface area contributed by atoms with Crippen LogP contribution >= 0.6 is 23.4 Å². The molecule has 0 aliphatic heterocycles. The van der Waals surface area contributed by atoms with Crippen LogP contribution in [-0.4, -0.2) is 24.8 Å². The summed E-state index contributed by atoms with van der Waals surface area (Å²) >= 11 is 7.30. The van der Waals surface area contributed by atoms with E-state index in [1.807, 2.05) is 55.5 Å². The zero-order valence-electron chi connectivity index (χ0n) is 12.3. The number of rotatable bonds is 7. The Bertz CT molecular complexity index is 616. The first-order chi connectivity index (χ1) is 10.6. The summed E-state index contributed by atoms with van der Waals surface area (Å²) in [6.07, 6.45) is 0. The van der Waals surface area contributed by atoms with E-state index in [9.17, 15) is 4.79 Å². The van der Waals surface area contributed by atoms with Gasteiger partial charge in [-0.25, -0.2) is 0 Å². The summed E-state index contributed by atoms with van der Waals surface area (Å²) in [5.74, 6) is 1.23. The van der Waals surface area contributed by atoms with Crippen molar-refractivity contribution in [1.82, 2.24) is 5.32 Å². The maximum absolute atomic E-state index is 11.7. The van der Waals surface area contributed by atoms with Crippen LogP contribution < -0.4 is 10.1 Å². The molecule has 5 heteroatoms. The van der Waals surface area contributed by atoms with Crippen LogP contribution in [0, 0.1) is 6.92 Å². The van der Waals surface area contributed by atoms with E-state index in [2.05, 4.69) is 5.32 Å². The van der Waals surface area contributed by atoms with Crippen LogP contribution in [0.25, 0.3) is 0 Å². The number of halogens is 1. The average molecular weight is 336 g/mol. The zero-order valence-corrected chi connectivity index (χ0v) is 13.9. The molecule has 0 heterocycles. The molecule has 0 bridgehead atoms. The number of benzene rings is 2. The number of carbonyl (C=O) groups is 1. The fourth-order valence-corrected chi connectivity index (χ4v) is 2.65. The predicted molar refractivity (Wildman–Crippen MR) is 91.9 cm³/mol. The minimum Gasteiger partial charge on any atom is -0.491 e. The topological polar surface area (TPSA) is 38.3 Å². The number of hydrogen-bond acceptors (Lipinski definition) is 3. The van der Waals surface area contributed by atoms with Crippen molar-refractivity contribution in [2.45, 2.75) is 11.8 Å². The second kappa shape index (κ2) is 8.71. The molecule has 0 fully saturated rings. The highest BCUT2D eigenvalue weighted by Crippen LogP contribution is 2.20. The summed E-state index contributed by atoms with van der Waals surface area (Å²) in [5, 5.41) is 3.54. The molecule has 0 atom stereocenters. The van der Waals surface area contributed by atoms with Gasteiger partial charge in [0.2, 0.25) is 5.91 Å². The summed E-state index contributed by atoms with van der Waals surface area (Å²) in [4.78, 5) is 12.8. The molecule has 0 radical (unpaired) electrons. The molecular weight excluding hydrogens is 318 g/mol. The number of carbonyl (C=O) groups excluding carboxylic acids is 1. The van der Waals surface area contributed by atoms with Gasteiger partial charge in [0, 0.05) is 9.92 Å². The number of amides is 1. The van der Waals surface area contributed by atoms with Gasteiger partial charge in [-0.15, -0.1) is 11.8 Å². The van der Waals surface area contributed by atoms with Crippen LogP contribution in [0.3, 0.4) is 0 Å². The molecule has 1 N–H and O–H groups in total. The van der Waals surface area contributed by atoms with Gasteiger partial charge < -0.3 is 10.1 Å². The van der Waals surface area contributed by atoms with Crippen molar-refractivity contribution >= 4 is 29.3 Å². The third-order valence-corrected chi connectivity index (χ3v) is 4.22. The molecule has 0 aromatic heterocycles. The minimum atomic E-state index is -0.00617. The first-order valence-electron chi connectivity index (χ1n) is 6.98. The monoisotopic (exact) mass is 335 g/mol. The number of aryl methyl sites for hydroxylation is 1. The van der Waals surface area contributed by atoms with E-state index in [0.29, 0.717) is 23.9 Å². The smallest absolute Gasteiger partial charge is 0.230 e. The van der Waals surface area contributed by atoms with E-state index in [1.54, 1.807) is 0 Å². The van der Waals surface area contributed by atoms with Crippen LogP contribution in [0.5, 0.6) is 5.75 Å². The number of hydrogen-bond donors (Lipinski definition) is 1. The quantitative estimate of drug-likeness (QED) is 0.615. The van der Waals surface area contributed by atoms with Gasteiger partial charge in [0.15, 0.2) is 0 Å². The normalized spacial score (nSPS) is 10.3. The van der Waals surface area contributed by atoms with Gasteiger partial charge >= 0.3 is 0 Å². The molecule has 2 aromatic rings. The molecule has 116 valence electrons. The lowest BCUT2D eigenvalue weighted by molar-refractivity contribution is -0.118. The van der Waals surface area contributed by atoms with Crippen molar-refractivity contribution in [2.24, 2.45) is 0 Å². The second-order valence-electron chi connectivity index (χ2n) is 4.71. The van der Waals surface area contributed by atoms with Crippen LogP contribution in [0.2, 0.25) is 5.02 Å².